The third-order valence-electron chi connectivity index (χ3n) is 4.00. The van der Waals surface area contributed by atoms with Gasteiger partial charge in [-0.05, 0) is 40.9 Å². The fraction of sp³-hybridized carbons (Fsp3) is 0.938. The van der Waals surface area contributed by atoms with Crippen molar-refractivity contribution in [2.75, 3.05) is 72.8 Å². The molecule has 0 aromatic rings. The molecule has 1 heterocycles. The first-order valence-corrected chi connectivity index (χ1v) is 10.6. The van der Waals surface area contributed by atoms with Crippen LogP contribution in [0.2, 0.25) is 0 Å². The molecule has 0 saturated carbocycles. The van der Waals surface area contributed by atoms with Crippen LogP contribution in [0, 0.1) is 0 Å². The summed E-state index contributed by atoms with van der Waals surface area (Å²) < 4.78 is 31.7. The molecule has 0 atom stereocenters. The second-order valence-electron chi connectivity index (χ2n) is 6.75. The van der Waals surface area contributed by atoms with Gasteiger partial charge in [0.2, 0.25) is 10.0 Å². The lowest BCUT2D eigenvalue weighted by atomic mass is 10.3. The number of rotatable bonds is 9. The van der Waals surface area contributed by atoms with Gasteiger partial charge in [0.15, 0.2) is 5.96 Å². The molecule has 0 spiro atoms. The second-order valence-corrected chi connectivity index (χ2v) is 8.84. The molecule has 0 unspecified atom stereocenters. The van der Waals surface area contributed by atoms with Crippen LogP contribution in [-0.4, -0.2) is 107 Å². The molecule has 8 nitrogen and oxygen atoms in total. The van der Waals surface area contributed by atoms with Gasteiger partial charge < -0.3 is 19.9 Å². The van der Waals surface area contributed by atoms with E-state index in [2.05, 4.69) is 34.2 Å². The van der Waals surface area contributed by atoms with Crippen LogP contribution in [0.3, 0.4) is 0 Å². The molecule has 1 aliphatic rings. The van der Waals surface area contributed by atoms with Crippen LogP contribution in [0.4, 0.5) is 0 Å². The molecule has 0 aromatic carbocycles. The van der Waals surface area contributed by atoms with E-state index in [1.54, 1.807) is 11.4 Å². The van der Waals surface area contributed by atoms with Gasteiger partial charge in [-0.3, -0.25) is 4.99 Å². The van der Waals surface area contributed by atoms with E-state index in [9.17, 15) is 8.42 Å². The number of nitrogens with zero attached hydrogens (tertiary/aromatic N) is 4. The lowest BCUT2D eigenvalue weighted by Gasteiger charge is -2.35. The minimum absolute atomic E-state index is 0.0443. The van der Waals surface area contributed by atoms with E-state index < -0.39 is 10.0 Å². The van der Waals surface area contributed by atoms with Crippen LogP contribution < -0.4 is 5.32 Å². The molecule has 0 amide bonds. The van der Waals surface area contributed by atoms with E-state index in [0.29, 0.717) is 26.2 Å². The van der Waals surface area contributed by atoms with Crippen LogP contribution in [0.1, 0.15) is 20.3 Å². The predicted octanol–water partition coefficient (Wildman–Crippen LogP) is -0.114. The van der Waals surface area contributed by atoms with E-state index in [1.807, 2.05) is 13.8 Å². The summed E-state index contributed by atoms with van der Waals surface area (Å²) in [4.78, 5) is 8.58. The third kappa shape index (κ3) is 8.35. The van der Waals surface area contributed by atoms with E-state index in [1.165, 1.54) is 0 Å². The van der Waals surface area contributed by atoms with E-state index in [4.69, 9.17) is 4.74 Å². The van der Waals surface area contributed by atoms with Crippen LogP contribution in [0.5, 0.6) is 0 Å². The van der Waals surface area contributed by atoms with Crippen LogP contribution >= 0.6 is 0 Å². The number of aliphatic imine (C=N–C) groups is 1. The van der Waals surface area contributed by atoms with Gasteiger partial charge in [-0.2, -0.15) is 4.31 Å². The molecule has 9 heteroatoms. The fourth-order valence-corrected chi connectivity index (χ4v) is 3.91. The van der Waals surface area contributed by atoms with Gasteiger partial charge in [0.05, 0.1) is 18.5 Å². The number of piperazine rings is 1. The summed E-state index contributed by atoms with van der Waals surface area (Å²) >= 11 is 0. The summed E-state index contributed by atoms with van der Waals surface area (Å²) in [5.41, 5.74) is 0. The first-order valence-electron chi connectivity index (χ1n) is 8.96. The van der Waals surface area contributed by atoms with Crippen LogP contribution in [-0.2, 0) is 14.8 Å². The third-order valence-corrected chi connectivity index (χ3v) is 5.84. The minimum atomic E-state index is -3.25. The first kappa shape index (κ1) is 22.1. The van der Waals surface area contributed by atoms with Crippen molar-refractivity contribution < 1.29 is 13.2 Å². The standard InChI is InChI=1S/C16H35N5O3S/c1-15(2)24-13-14-25(22,23)21-11-9-20(10-12-21)16(17-3)18-7-6-8-19(4)5/h15H,6-14H2,1-5H3,(H,17,18). The van der Waals surface area contributed by atoms with E-state index in [0.717, 1.165) is 25.5 Å². The zero-order valence-electron chi connectivity index (χ0n) is 16.4. The van der Waals surface area contributed by atoms with Crippen molar-refractivity contribution in [1.82, 2.24) is 19.4 Å². The zero-order chi connectivity index (χ0) is 18.9. The topological polar surface area (TPSA) is 77.5 Å². The van der Waals surface area contributed by atoms with Gasteiger partial charge in [-0.1, -0.05) is 0 Å². The van der Waals surface area contributed by atoms with Crippen molar-refractivity contribution >= 4 is 16.0 Å². The first-order chi connectivity index (χ1) is 11.8. The number of hydrogen-bond acceptors (Lipinski definition) is 5. The Hall–Kier alpha value is -0.900. The zero-order valence-corrected chi connectivity index (χ0v) is 17.2. The van der Waals surface area contributed by atoms with Gasteiger partial charge in [0, 0.05) is 39.8 Å². The Morgan fingerprint density at radius 3 is 2.40 bits per heavy atom. The smallest absolute Gasteiger partial charge is 0.216 e. The second kappa shape index (κ2) is 10.9. The summed E-state index contributed by atoms with van der Waals surface area (Å²) in [6.45, 7) is 8.21. The Kier molecular flexibility index (Phi) is 9.70. The van der Waals surface area contributed by atoms with E-state index >= 15 is 0 Å². The number of ether oxygens (including phenoxy) is 1. The SMILES string of the molecule is CN=C(NCCCN(C)C)N1CCN(S(=O)(=O)CCOC(C)C)CC1. The van der Waals surface area contributed by atoms with Crippen molar-refractivity contribution in [3.63, 3.8) is 0 Å². The maximum absolute atomic E-state index is 12.4. The minimum Gasteiger partial charge on any atom is -0.378 e. The summed E-state index contributed by atoms with van der Waals surface area (Å²) in [6.07, 6.45) is 1.09. The molecule has 0 radical (unpaired) electrons. The Labute approximate surface area is 153 Å². The highest BCUT2D eigenvalue weighted by atomic mass is 32.2. The van der Waals surface area contributed by atoms with Crippen molar-refractivity contribution in [3.05, 3.63) is 0 Å². The van der Waals surface area contributed by atoms with Gasteiger partial charge in [0.1, 0.15) is 0 Å². The molecule has 0 bridgehead atoms. The molecule has 148 valence electrons. The monoisotopic (exact) mass is 377 g/mol. The van der Waals surface area contributed by atoms with Crippen molar-refractivity contribution in [1.29, 1.82) is 0 Å². The summed E-state index contributed by atoms with van der Waals surface area (Å²) in [5.74, 6) is 0.891. The van der Waals surface area contributed by atoms with Crippen molar-refractivity contribution in [2.24, 2.45) is 4.99 Å². The van der Waals surface area contributed by atoms with Crippen molar-refractivity contribution in [3.8, 4) is 0 Å². The van der Waals surface area contributed by atoms with Gasteiger partial charge >= 0.3 is 0 Å². The number of guanidine groups is 1. The summed E-state index contributed by atoms with van der Waals surface area (Å²) in [6, 6.07) is 0. The quantitative estimate of drug-likeness (QED) is 0.343. The maximum Gasteiger partial charge on any atom is 0.216 e. The normalized spacial score (nSPS) is 17.6. The Morgan fingerprint density at radius 2 is 1.88 bits per heavy atom. The van der Waals surface area contributed by atoms with Crippen molar-refractivity contribution in [2.45, 2.75) is 26.4 Å². The van der Waals surface area contributed by atoms with Gasteiger partial charge in [0.25, 0.3) is 0 Å². The molecule has 1 N–H and O–H groups in total. The van der Waals surface area contributed by atoms with Crippen LogP contribution in [0.25, 0.3) is 0 Å². The highest BCUT2D eigenvalue weighted by Gasteiger charge is 2.27. The molecule has 1 fully saturated rings. The fourth-order valence-electron chi connectivity index (χ4n) is 2.62. The van der Waals surface area contributed by atoms with Crippen LogP contribution in [0.15, 0.2) is 4.99 Å². The van der Waals surface area contributed by atoms with E-state index in [-0.39, 0.29) is 18.5 Å². The number of nitrogens with one attached hydrogen (secondary N) is 1. The molecule has 1 rings (SSSR count). The number of sulfonamides is 1. The molecular weight excluding hydrogens is 342 g/mol. The number of hydrogen-bond donors (Lipinski definition) is 1. The predicted molar refractivity (Wildman–Crippen MR) is 103 cm³/mol. The lowest BCUT2D eigenvalue weighted by Crippen LogP contribution is -2.54. The average Bonchev–Trinajstić information content (AvgIpc) is 2.54. The molecule has 0 aromatic heterocycles. The summed E-state index contributed by atoms with van der Waals surface area (Å²) in [7, 11) is 2.63. The molecular formula is C16H35N5O3S. The van der Waals surface area contributed by atoms with Gasteiger partial charge in [-0.25, -0.2) is 8.42 Å². The molecule has 1 saturated heterocycles. The summed E-state index contributed by atoms with van der Waals surface area (Å²) in [5, 5.41) is 3.36. The Morgan fingerprint density at radius 1 is 1.24 bits per heavy atom. The maximum atomic E-state index is 12.4. The highest BCUT2D eigenvalue weighted by Crippen LogP contribution is 2.09. The molecule has 25 heavy (non-hydrogen) atoms. The molecule has 1 aliphatic heterocycles. The Balaban J connectivity index is 2.40. The lowest BCUT2D eigenvalue weighted by molar-refractivity contribution is 0.0904. The highest BCUT2D eigenvalue weighted by molar-refractivity contribution is 7.89. The average molecular weight is 378 g/mol. The molecule has 0 aliphatic carbocycles. The largest absolute Gasteiger partial charge is 0.378 e. The van der Waals surface area contributed by atoms with Gasteiger partial charge in [-0.15, -0.1) is 0 Å². The Bertz CT molecular complexity index is 500.